The maximum Gasteiger partial charge on any atom is 0.152 e. The van der Waals surface area contributed by atoms with E-state index in [-0.39, 0.29) is 0 Å². The molecule has 0 radical (unpaired) electrons. The monoisotopic (exact) mass is 286 g/mol. The van der Waals surface area contributed by atoms with Crippen LogP contribution in [0.4, 0.5) is 5.69 Å². The number of aryl methyl sites for hydroxylation is 1. The third-order valence-corrected chi connectivity index (χ3v) is 3.85. The summed E-state index contributed by atoms with van der Waals surface area (Å²) in [5.41, 5.74) is 7.54. The number of aromatic nitrogens is 1. The normalized spacial score (nSPS) is 10.7. The van der Waals surface area contributed by atoms with Gasteiger partial charge in [0.15, 0.2) is 5.75 Å². The van der Waals surface area contributed by atoms with E-state index in [0.717, 1.165) is 21.0 Å². The van der Waals surface area contributed by atoms with Gasteiger partial charge in [0.2, 0.25) is 0 Å². The van der Waals surface area contributed by atoms with E-state index in [2.05, 4.69) is 4.98 Å². The van der Waals surface area contributed by atoms with E-state index in [1.807, 2.05) is 43.3 Å². The minimum atomic E-state index is 0.608. The van der Waals surface area contributed by atoms with Gasteiger partial charge < -0.3 is 15.2 Å². The topological polar surface area (TPSA) is 57.4 Å². The largest absolute Gasteiger partial charge is 0.497 e. The van der Waals surface area contributed by atoms with Crippen molar-refractivity contribution in [3.8, 4) is 17.2 Å². The van der Waals surface area contributed by atoms with Gasteiger partial charge in [-0.3, -0.25) is 0 Å². The molecule has 0 atom stereocenters. The summed E-state index contributed by atoms with van der Waals surface area (Å²) in [6.07, 6.45) is 0. The van der Waals surface area contributed by atoms with Crippen molar-refractivity contribution >= 4 is 27.2 Å². The Labute approximate surface area is 120 Å². The van der Waals surface area contributed by atoms with Crippen molar-refractivity contribution in [1.29, 1.82) is 0 Å². The number of thiazole rings is 1. The summed E-state index contributed by atoms with van der Waals surface area (Å²) >= 11 is 1.62. The maximum atomic E-state index is 6.03. The molecule has 0 unspecified atom stereocenters. The first-order valence-corrected chi connectivity index (χ1v) is 6.96. The highest BCUT2D eigenvalue weighted by Crippen LogP contribution is 2.34. The summed E-state index contributed by atoms with van der Waals surface area (Å²) in [6.45, 7) is 1.98. The molecule has 1 aromatic heterocycles. The number of nitrogens with two attached hydrogens (primary N) is 1. The Kier molecular flexibility index (Phi) is 3.20. The van der Waals surface area contributed by atoms with E-state index >= 15 is 0 Å². The van der Waals surface area contributed by atoms with Crippen LogP contribution in [0, 0.1) is 6.92 Å². The predicted octanol–water partition coefficient (Wildman–Crippen LogP) is 3.99. The Balaban J connectivity index is 1.94. The molecule has 0 spiro atoms. The molecule has 0 saturated heterocycles. The Hall–Kier alpha value is -2.27. The molecule has 0 fully saturated rings. The second kappa shape index (κ2) is 5.02. The molecular formula is C15H14N2O2S. The minimum Gasteiger partial charge on any atom is -0.497 e. The number of nitrogen functional groups attached to an aromatic ring is 1. The van der Waals surface area contributed by atoms with Crippen LogP contribution in [-0.4, -0.2) is 12.1 Å². The van der Waals surface area contributed by atoms with Crippen LogP contribution in [0.25, 0.3) is 10.2 Å². The van der Waals surface area contributed by atoms with Crippen molar-refractivity contribution in [2.24, 2.45) is 0 Å². The molecule has 3 aromatic rings. The fourth-order valence-electron chi connectivity index (χ4n) is 1.94. The van der Waals surface area contributed by atoms with Gasteiger partial charge in [-0.05, 0) is 37.3 Å². The fourth-order valence-corrected chi connectivity index (χ4v) is 2.80. The van der Waals surface area contributed by atoms with Gasteiger partial charge in [0.1, 0.15) is 11.5 Å². The zero-order valence-electron chi connectivity index (χ0n) is 11.2. The van der Waals surface area contributed by atoms with Gasteiger partial charge in [-0.2, -0.15) is 0 Å². The van der Waals surface area contributed by atoms with Crippen LogP contribution in [0.3, 0.4) is 0 Å². The first-order valence-electron chi connectivity index (χ1n) is 6.14. The van der Waals surface area contributed by atoms with E-state index in [4.69, 9.17) is 15.2 Å². The lowest BCUT2D eigenvalue weighted by Gasteiger charge is -2.09. The minimum absolute atomic E-state index is 0.608. The van der Waals surface area contributed by atoms with Gasteiger partial charge >= 0.3 is 0 Å². The van der Waals surface area contributed by atoms with Crippen molar-refractivity contribution in [2.75, 3.05) is 12.8 Å². The van der Waals surface area contributed by atoms with Gasteiger partial charge in [-0.15, -0.1) is 11.3 Å². The summed E-state index contributed by atoms with van der Waals surface area (Å²) in [4.78, 5) is 4.45. The standard InChI is InChI=1S/C15H14N2O2S/c1-9-17-13-8-14(12(16)7-15(13)20-9)19-11-5-3-10(18-2)4-6-11/h3-8H,16H2,1-2H3. The molecule has 102 valence electrons. The van der Waals surface area contributed by atoms with Gasteiger partial charge in [0.05, 0.1) is 28.0 Å². The third kappa shape index (κ3) is 2.40. The number of rotatable bonds is 3. The number of hydrogen-bond acceptors (Lipinski definition) is 5. The number of anilines is 1. The lowest BCUT2D eigenvalue weighted by Crippen LogP contribution is -1.92. The number of benzene rings is 2. The molecule has 20 heavy (non-hydrogen) atoms. The summed E-state index contributed by atoms with van der Waals surface area (Å²) in [5.74, 6) is 2.12. The quantitative estimate of drug-likeness (QED) is 0.740. The van der Waals surface area contributed by atoms with Gasteiger partial charge in [0, 0.05) is 6.07 Å². The second-order valence-electron chi connectivity index (χ2n) is 4.37. The first kappa shape index (κ1) is 12.7. The fraction of sp³-hybridized carbons (Fsp3) is 0.133. The summed E-state index contributed by atoms with van der Waals surface area (Å²) < 4.78 is 12.0. The Morgan fingerprint density at radius 1 is 1.10 bits per heavy atom. The predicted molar refractivity (Wildman–Crippen MR) is 81.8 cm³/mol. The number of hydrogen-bond donors (Lipinski definition) is 1. The van der Waals surface area contributed by atoms with Crippen molar-refractivity contribution in [1.82, 2.24) is 4.98 Å². The van der Waals surface area contributed by atoms with E-state index < -0.39 is 0 Å². The number of nitrogens with zero attached hydrogens (tertiary/aromatic N) is 1. The average Bonchev–Trinajstić information content (AvgIpc) is 2.79. The molecule has 2 N–H and O–H groups in total. The van der Waals surface area contributed by atoms with Gasteiger partial charge in [-0.25, -0.2) is 4.98 Å². The molecule has 2 aromatic carbocycles. The third-order valence-electron chi connectivity index (χ3n) is 2.91. The first-order chi connectivity index (χ1) is 9.65. The van der Waals surface area contributed by atoms with E-state index in [0.29, 0.717) is 17.2 Å². The van der Waals surface area contributed by atoms with Crippen LogP contribution in [-0.2, 0) is 0 Å². The highest BCUT2D eigenvalue weighted by Gasteiger charge is 2.08. The Morgan fingerprint density at radius 3 is 2.50 bits per heavy atom. The molecule has 0 aliphatic rings. The van der Waals surface area contributed by atoms with Gasteiger partial charge in [0.25, 0.3) is 0 Å². The second-order valence-corrected chi connectivity index (χ2v) is 5.60. The summed E-state index contributed by atoms with van der Waals surface area (Å²) in [6, 6.07) is 11.1. The zero-order chi connectivity index (χ0) is 14.1. The Bertz CT molecular complexity index is 750. The zero-order valence-corrected chi connectivity index (χ0v) is 12.0. The van der Waals surface area contributed by atoms with Crippen molar-refractivity contribution in [3.63, 3.8) is 0 Å². The van der Waals surface area contributed by atoms with E-state index in [9.17, 15) is 0 Å². The van der Waals surface area contributed by atoms with E-state index in [1.165, 1.54) is 0 Å². The molecule has 0 aliphatic carbocycles. The number of ether oxygens (including phenoxy) is 2. The number of methoxy groups -OCH3 is 1. The molecular weight excluding hydrogens is 272 g/mol. The van der Waals surface area contributed by atoms with Crippen LogP contribution in [0.1, 0.15) is 5.01 Å². The van der Waals surface area contributed by atoms with Gasteiger partial charge in [-0.1, -0.05) is 0 Å². The van der Waals surface area contributed by atoms with Crippen molar-refractivity contribution in [3.05, 3.63) is 41.4 Å². The molecule has 3 rings (SSSR count). The van der Waals surface area contributed by atoms with Crippen LogP contribution >= 0.6 is 11.3 Å². The van der Waals surface area contributed by atoms with Crippen LogP contribution < -0.4 is 15.2 Å². The lowest BCUT2D eigenvalue weighted by atomic mass is 10.2. The molecule has 1 heterocycles. The van der Waals surface area contributed by atoms with Crippen molar-refractivity contribution in [2.45, 2.75) is 6.92 Å². The highest BCUT2D eigenvalue weighted by atomic mass is 32.1. The summed E-state index contributed by atoms with van der Waals surface area (Å²) in [5, 5.41) is 1.01. The van der Waals surface area contributed by atoms with Crippen LogP contribution in [0.2, 0.25) is 0 Å². The van der Waals surface area contributed by atoms with Crippen molar-refractivity contribution < 1.29 is 9.47 Å². The number of fused-ring (bicyclic) bond motifs is 1. The molecule has 4 nitrogen and oxygen atoms in total. The smallest absolute Gasteiger partial charge is 0.152 e. The van der Waals surface area contributed by atoms with E-state index in [1.54, 1.807) is 18.4 Å². The van der Waals surface area contributed by atoms with Crippen LogP contribution in [0.5, 0.6) is 17.2 Å². The Morgan fingerprint density at radius 2 is 1.80 bits per heavy atom. The molecule has 5 heteroatoms. The molecule has 0 bridgehead atoms. The highest BCUT2D eigenvalue weighted by molar-refractivity contribution is 7.18. The SMILES string of the molecule is COc1ccc(Oc2cc3nc(C)sc3cc2N)cc1. The van der Waals surface area contributed by atoms with Crippen LogP contribution in [0.15, 0.2) is 36.4 Å². The maximum absolute atomic E-state index is 6.03. The molecule has 0 amide bonds. The summed E-state index contributed by atoms with van der Waals surface area (Å²) in [7, 11) is 1.63. The average molecular weight is 286 g/mol. The molecule has 0 aliphatic heterocycles. The molecule has 0 saturated carbocycles. The lowest BCUT2D eigenvalue weighted by molar-refractivity contribution is 0.413.